The van der Waals surface area contributed by atoms with Gasteiger partial charge in [-0.05, 0) is 13.0 Å². The first-order valence-corrected chi connectivity index (χ1v) is 5.32. The minimum absolute atomic E-state index is 0.129. The van der Waals surface area contributed by atoms with Crippen LogP contribution in [0.15, 0.2) is 18.2 Å². The lowest BCUT2D eigenvalue weighted by molar-refractivity contribution is -0.145. The summed E-state index contributed by atoms with van der Waals surface area (Å²) < 4.78 is 10.3. The topological polar surface area (TPSA) is 72.8 Å². The maximum Gasteiger partial charge on any atom is 0.312 e. The molecule has 0 spiro atoms. The number of fused-ring (bicyclic) bond motifs is 1. The number of rotatable bonds is 3. The molecule has 1 aromatic carbocycles. The molecule has 0 saturated carbocycles. The summed E-state index contributed by atoms with van der Waals surface area (Å²) in [5.41, 5.74) is 0.514. The molecular formula is C12H12O5. The number of carboxylic acid groups (broad SMARTS) is 1. The van der Waals surface area contributed by atoms with Crippen molar-refractivity contribution in [2.75, 3.05) is 6.61 Å². The van der Waals surface area contributed by atoms with Crippen molar-refractivity contribution >= 4 is 11.9 Å². The van der Waals surface area contributed by atoms with Crippen LogP contribution in [0, 0.1) is 0 Å². The molecular weight excluding hydrogens is 224 g/mol. The number of carbonyl (C=O) groups excluding carboxylic acids is 1. The van der Waals surface area contributed by atoms with E-state index in [9.17, 15) is 9.59 Å². The third-order valence-electron chi connectivity index (χ3n) is 2.56. The second-order valence-electron chi connectivity index (χ2n) is 3.70. The van der Waals surface area contributed by atoms with Gasteiger partial charge in [-0.15, -0.1) is 0 Å². The summed E-state index contributed by atoms with van der Waals surface area (Å²) in [5.74, 6) is -1.54. The lowest BCUT2D eigenvalue weighted by Gasteiger charge is -2.21. The summed E-state index contributed by atoms with van der Waals surface area (Å²) in [6.45, 7) is 2.33. The fourth-order valence-electron chi connectivity index (χ4n) is 1.81. The van der Waals surface area contributed by atoms with Crippen molar-refractivity contribution in [2.45, 2.75) is 19.3 Å². The molecule has 0 radical (unpaired) electrons. The Morgan fingerprint density at radius 3 is 3.00 bits per heavy atom. The second-order valence-corrected chi connectivity index (χ2v) is 3.70. The van der Waals surface area contributed by atoms with Gasteiger partial charge in [0.15, 0.2) is 0 Å². The predicted octanol–water partition coefficient (Wildman–Crippen LogP) is 1.56. The van der Waals surface area contributed by atoms with Crippen LogP contribution in [0.1, 0.15) is 24.8 Å². The Labute approximate surface area is 98.0 Å². The third kappa shape index (κ3) is 2.22. The fourth-order valence-corrected chi connectivity index (χ4v) is 1.81. The zero-order valence-electron chi connectivity index (χ0n) is 9.30. The maximum atomic E-state index is 11.3. The Bertz CT molecular complexity index is 466. The van der Waals surface area contributed by atoms with Crippen molar-refractivity contribution in [2.24, 2.45) is 0 Å². The lowest BCUT2D eigenvalue weighted by atomic mass is 9.93. The van der Waals surface area contributed by atoms with E-state index in [2.05, 4.69) is 0 Å². The quantitative estimate of drug-likeness (QED) is 0.637. The van der Waals surface area contributed by atoms with Gasteiger partial charge in [0.2, 0.25) is 0 Å². The first-order valence-electron chi connectivity index (χ1n) is 5.32. The van der Waals surface area contributed by atoms with Gasteiger partial charge in [0.25, 0.3) is 0 Å². The molecule has 1 heterocycles. The van der Waals surface area contributed by atoms with Crippen LogP contribution in [-0.4, -0.2) is 23.7 Å². The van der Waals surface area contributed by atoms with Crippen LogP contribution in [0.3, 0.4) is 0 Å². The van der Waals surface area contributed by atoms with Gasteiger partial charge in [-0.2, -0.15) is 0 Å². The maximum absolute atomic E-state index is 11.3. The smallest absolute Gasteiger partial charge is 0.312 e. The molecule has 0 aliphatic carbocycles. The summed E-state index contributed by atoms with van der Waals surface area (Å²) in [4.78, 5) is 22.3. The molecule has 90 valence electrons. The first-order chi connectivity index (χ1) is 8.11. The third-order valence-corrected chi connectivity index (χ3v) is 2.56. The Kier molecular flexibility index (Phi) is 2.99. The number of aliphatic carboxylic acids is 1. The largest absolute Gasteiger partial charge is 0.494 e. The monoisotopic (exact) mass is 236 g/mol. The number of esters is 1. The molecule has 0 fully saturated rings. The van der Waals surface area contributed by atoms with E-state index < -0.39 is 17.9 Å². The Morgan fingerprint density at radius 2 is 2.35 bits per heavy atom. The standard InChI is InChI=1S/C12H12O5/c1-2-16-7-3-4-8-9(12(14)15)6-11(13)17-10(8)5-7/h3-5,9H,2,6H2,1H3,(H,14,15)/t9-/m1/s1. The number of hydrogen-bond acceptors (Lipinski definition) is 4. The fraction of sp³-hybridized carbons (Fsp3) is 0.333. The zero-order valence-corrected chi connectivity index (χ0v) is 9.30. The summed E-state index contributed by atoms with van der Waals surface area (Å²) in [5, 5.41) is 9.04. The summed E-state index contributed by atoms with van der Waals surface area (Å²) in [7, 11) is 0. The SMILES string of the molecule is CCOc1ccc2c(c1)OC(=O)C[C@H]2C(=O)O. The minimum Gasteiger partial charge on any atom is -0.494 e. The molecule has 0 aromatic heterocycles. The molecule has 0 unspecified atom stereocenters. The van der Waals surface area contributed by atoms with Crippen LogP contribution in [0.25, 0.3) is 0 Å². The van der Waals surface area contributed by atoms with Crippen molar-refractivity contribution < 1.29 is 24.2 Å². The van der Waals surface area contributed by atoms with E-state index in [1.54, 1.807) is 18.2 Å². The van der Waals surface area contributed by atoms with E-state index in [0.717, 1.165) is 0 Å². The molecule has 17 heavy (non-hydrogen) atoms. The number of hydrogen-bond donors (Lipinski definition) is 1. The summed E-state index contributed by atoms with van der Waals surface area (Å²) in [6.07, 6.45) is -0.129. The van der Waals surface area contributed by atoms with Gasteiger partial charge >= 0.3 is 11.9 Å². The van der Waals surface area contributed by atoms with Gasteiger partial charge in [-0.1, -0.05) is 6.07 Å². The van der Waals surface area contributed by atoms with Crippen LogP contribution in [0.5, 0.6) is 11.5 Å². The molecule has 1 aliphatic rings. The van der Waals surface area contributed by atoms with E-state index >= 15 is 0 Å². The minimum atomic E-state index is -1.02. The zero-order chi connectivity index (χ0) is 12.4. The highest BCUT2D eigenvalue weighted by atomic mass is 16.5. The lowest BCUT2D eigenvalue weighted by Crippen LogP contribution is -2.25. The molecule has 0 saturated heterocycles. The summed E-state index contributed by atoms with van der Waals surface area (Å²) >= 11 is 0. The van der Waals surface area contributed by atoms with Crippen molar-refractivity contribution in [3.8, 4) is 11.5 Å². The molecule has 1 aromatic rings. The number of carboxylic acids is 1. The first kappa shape index (κ1) is 11.4. The average Bonchev–Trinajstić information content (AvgIpc) is 2.27. The molecule has 2 rings (SSSR count). The molecule has 1 N–H and O–H groups in total. The van der Waals surface area contributed by atoms with Crippen LogP contribution >= 0.6 is 0 Å². The van der Waals surface area contributed by atoms with Crippen molar-refractivity contribution in [1.29, 1.82) is 0 Å². The molecule has 1 aliphatic heterocycles. The van der Waals surface area contributed by atoms with Gasteiger partial charge in [0, 0.05) is 11.6 Å². The van der Waals surface area contributed by atoms with E-state index in [0.29, 0.717) is 17.9 Å². The van der Waals surface area contributed by atoms with E-state index in [1.165, 1.54) is 0 Å². The van der Waals surface area contributed by atoms with Gasteiger partial charge in [-0.25, -0.2) is 0 Å². The van der Waals surface area contributed by atoms with Crippen LogP contribution < -0.4 is 9.47 Å². The van der Waals surface area contributed by atoms with Crippen molar-refractivity contribution in [3.63, 3.8) is 0 Å². The highest BCUT2D eigenvalue weighted by molar-refractivity contribution is 5.87. The van der Waals surface area contributed by atoms with Gasteiger partial charge in [0.05, 0.1) is 18.9 Å². The van der Waals surface area contributed by atoms with Crippen molar-refractivity contribution in [1.82, 2.24) is 0 Å². The van der Waals surface area contributed by atoms with E-state index in [-0.39, 0.29) is 12.2 Å². The van der Waals surface area contributed by atoms with Gasteiger partial charge in [-0.3, -0.25) is 9.59 Å². The molecule has 1 atom stereocenters. The Morgan fingerprint density at radius 1 is 1.59 bits per heavy atom. The van der Waals surface area contributed by atoms with Gasteiger partial charge in [0.1, 0.15) is 11.5 Å². The van der Waals surface area contributed by atoms with Crippen molar-refractivity contribution in [3.05, 3.63) is 23.8 Å². The summed E-state index contributed by atoms with van der Waals surface area (Å²) in [6, 6.07) is 4.86. The highest BCUT2D eigenvalue weighted by Gasteiger charge is 2.32. The number of carbonyl (C=O) groups is 2. The van der Waals surface area contributed by atoms with Gasteiger partial charge < -0.3 is 14.6 Å². The second kappa shape index (κ2) is 4.45. The normalized spacial score (nSPS) is 18.2. The molecule has 0 bridgehead atoms. The molecule has 5 nitrogen and oxygen atoms in total. The highest BCUT2D eigenvalue weighted by Crippen LogP contribution is 2.36. The Hall–Kier alpha value is -2.04. The Balaban J connectivity index is 2.40. The van der Waals surface area contributed by atoms with Crippen LogP contribution in [0.2, 0.25) is 0 Å². The molecule has 0 amide bonds. The number of ether oxygens (including phenoxy) is 2. The number of benzene rings is 1. The van der Waals surface area contributed by atoms with E-state index in [1.807, 2.05) is 6.92 Å². The van der Waals surface area contributed by atoms with Crippen LogP contribution in [0.4, 0.5) is 0 Å². The molecule has 5 heteroatoms. The predicted molar refractivity (Wildman–Crippen MR) is 58.2 cm³/mol. The van der Waals surface area contributed by atoms with Crippen LogP contribution in [-0.2, 0) is 9.59 Å². The average molecular weight is 236 g/mol. The van der Waals surface area contributed by atoms with E-state index in [4.69, 9.17) is 14.6 Å².